The summed E-state index contributed by atoms with van der Waals surface area (Å²) in [6.45, 7) is 1.76. The number of thioether (sulfide) groups is 1. The Morgan fingerprint density at radius 3 is 2.60 bits per heavy atom. The van der Waals surface area contributed by atoms with Crippen molar-refractivity contribution in [3.05, 3.63) is 63.9 Å². The Labute approximate surface area is 251 Å². The first-order valence-electron chi connectivity index (χ1n) is 14.3. The van der Waals surface area contributed by atoms with Crippen LogP contribution in [-0.2, 0) is 0 Å². The van der Waals surface area contributed by atoms with Gasteiger partial charge in [-0.1, -0.05) is 25.0 Å². The van der Waals surface area contributed by atoms with Crippen molar-refractivity contribution in [1.29, 1.82) is 0 Å². The van der Waals surface area contributed by atoms with E-state index in [2.05, 4.69) is 19.8 Å². The number of hydrogen-bond donors (Lipinski definition) is 1. The maximum Gasteiger partial charge on any atom is 0.270 e. The number of fused-ring (bicyclic) bond motifs is 2. The Balaban J connectivity index is 1.18. The summed E-state index contributed by atoms with van der Waals surface area (Å²) < 4.78 is 9.08. The molecule has 0 unspecified atom stereocenters. The van der Waals surface area contributed by atoms with E-state index < -0.39 is 0 Å². The molecule has 1 aliphatic heterocycles. The lowest BCUT2D eigenvalue weighted by atomic mass is 10.1. The van der Waals surface area contributed by atoms with Crippen molar-refractivity contribution in [2.75, 3.05) is 48.9 Å². The highest BCUT2D eigenvalue weighted by atomic mass is 32.2. The first-order chi connectivity index (χ1) is 20.5. The van der Waals surface area contributed by atoms with Crippen molar-refractivity contribution >= 4 is 67.8 Å². The van der Waals surface area contributed by atoms with Crippen molar-refractivity contribution in [2.45, 2.75) is 31.7 Å². The molecule has 42 heavy (non-hydrogen) atoms. The van der Waals surface area contributed by atoms with E-state index in [0.717, 1.165) is 78.1 Å². The number of nitrogens with zero attached hydrogens (tertiary/aromatic N) is 5. The number of thiophene rings is 1. The molecule has 1 N–H and O–H groups in total. The van der Waals surface area contributed by atoms with Crippen LogP contribution in [0.1, 0.15) is 42.2 Å². The molecule has 2 fully saturated rings. The van der Waals surface area contributed by atoms with Crippen LogP contribution < -0.4 is 15.6 Å². The number of aromatic nitrogens is 3. The summed E-state index contributed by atoms with van der Waals surface area (Å²) >= 11 is 3.35. The fourth-order valence-electron chi connectivity index (χ4n) is 5.93. The Kier molecular flexibility index (Phi) is 7.15. The standard InChI is InChI=1S/C31H32N6O3S2/c1-35(2)30(39)24-15-20-17-32-31(34-29(20)37(24)22-5-3-4-6-22)33-21-9-7-19(8-10-21)23-18-42-28-25(38)16-26(40-27(23)28)36-11-13-41-14-12-36/h7-10,15-18,22H,3-6,11-14H2,1-2H3,(H,32,33,34). The largest absolute Gasteiger partial charge is 0.439 e. The number of hydrogen-bond acceptors (Lipinski definition) is 9. The van der Waals surface area contributed by atoms with Gasteiger partial charge in [0.05, 0.1) is 0 Å². The highest BCUT2D eigenvalue weighted by molar-refractivity contribution is 7.99. The molecule has 1 saturated carbocycles. The van der Waals surface area contributed by atoms with Gasteiger partial charge in [0.25, 0.3) is 5.91 Å². The van der Waals surface area contributed by atoms with Gasteiger partial charge >= 0.3 is 0 Å². The second kappa shape index (κ2) is 11.1. The molecule has 2 aliphatic rings. The number of rotatable bonds is 6. The molecule has 0 spiro atoms. The third-order valence-corrected chi connectivity index (χ3v) is 10.0. The van der Waals surface area contributed by atoms with E-state index in [0.29, 0.717) is 27.8 Å². The van der Waals surface area contributed by atoms with Crippen LogP contribution in [0.2, 0.25) is 0 Å². The van der Waals surface area contributed by atoms with Gasteiger partial charge in [-0.15, -0.1) is 11.3 Å². The summed E-state index contributed by atoms with van der Waals surface area (Å²) in [5.41, 5.74) is 4.82. The number of nitrogens with one attached hydrogen (secondary N) is 1. The van der Waals surface area contributed by atoms with Gasteiger partial charge in [0.1, 0.15) is 16.0 Å². The minimum Gasteiger partial charge on any atom is -0.439 e. The summed E-state index contributed by atoms with van der Waals surface area (Å²) in [5.74, 6) is 3.17. The summed E-state index contributed by atoms with van der Waals surface area (Å²) in [6, 6.07) is 11.8. The molecule has 216 valence electrons. The number of anilines is 3. The molecule has 7 rings (SSSR count). The highest BCUT2D eigenvalue weighted by Crippen LogP contribution is 2.37. The number of benzene rings is 1. The quantitative estimate of drug-likeness (QED) is 0.240. The van der Waals surface area contributed by atoms with E-state index in [4.69, 9.17) is 9.40 Å². The van der Waals surface area contributed by atoms with Crippen LogP contribution in [0.4, 0.5) is 17.5 Å². The lowest BCUT2D eigenvalue weighted by molar-refractivity contribution is 0.0815. The lowest BCUT2D eigenvalue weighted by Gasteiger charge is -2.26. The molecule has 11 heteroatoms. The van der Waals surface area contributed by atoms with E-state index in [-0.39, 0.29) is 17.4 Å². The zero-order chi connectivity index (χ0) is 28.8. The van der Waals surface area contributed by atoms with Crippen molar-refractivity contribution in [3.63, 3.8) is 0 Å². The van der Waals surface area contributed by atoms with Crippen molar-refractivity contribution in [3.8, 4) is 11.1 Å². The summed E-state index contributed by atoms with van der Waals surface area (Å²) in [4.78, 5) is 39.1. The molecular weight excluding hydrogens is 569 g/mol. The van der Waals surface area contributed by atoms with Crippen LogP contribution >= 0.6 is 23.1 Å². The Morgan fingerprint density at radius 2 is 1.86 bits per heavy atom. The van der Waals surface area contributed by atoms with Gasteiger partial charge in [-0.05, 0) is 36.6 Å². The Morgan fingerprint density at radius 1 is 1.10 bits per heavy atom. The zero-order valence-electron chi connectivity index (χ0n) is 23.6. The van der Waals surface area contributed by atoms with Crippen molar-refractivity contribution < 1.29 is 9.21 Å². The van der Waals surface area contributed by atoms with Gasteiger partial charge in [0.2, 0.25) is 11.4 Å². The first kappa shape index (κ1) is 27.0. The summed E-state index contributed by atoms with van der Waals surface area (Å²) in [7, 11) is 3.56. The molecule has 5 heterocycles. The van der Waals surface area contributed by atoms with E-state index in [1.54, 1.807) is 31.3 Å². The number of carbonyl (C=O) groups is 1. The smallest absolute Gasteiger partial charge is 0.270 e. The molecule has 0 radical (unpaired) electrons. The zero-order valence-corrected chi connectivity index (χ0v) is 25.3. The predicted molar refractivity (Wildman–Crippen MR) is 172 cm³/mol. The first-order valence-corrected chi connectivity index (χ1v) is 16.3. The molecule has 1 aromatic carbocycles. The molecule has 4 aromatic heterocycles. The molecule has 0 bridgehead atoms. The minimum atomic E-state index is -0.0242. The highest BCUT2D eigenvalue weighted by Gasteiger charge is 2.26. The van der Waals surface area contributed by atoms with Gasteiger partial charge in [-0.25, -0.2) is 4.98 Å². The molecule has 0 atom stereocenters. The minimum absolute atomic E-state index is 0.00403. The molecule has 5 aromatic rings. The van der Waals surface area contributed by atoms with Gasteiger partial charge in [-0.3, -0.25) is 9.59 Å². The lowest BCUT2D eigenvalue weighted by Crippen LogP contribution is -2.32. The van der Waals surface area contributed by atoms with Crippen LogP contribution in [0.15, 0.2) is 57.2 Å². The Hall–Kier alpha value is -3.83. The van der Waals surface area contributed by atoms with Gasteiger partial charge in [0.15, 0.2) is 11.5 Å². The van der Waals surface area contributed by atoms with Gasteiger partial charge in [0, 0.05) is 79.0 Å². The van der Waals surface area contributed by atoms with E-state index >= 15 is 0 Å². The fraction of sp³-hybridized carbons (Fsp3) is 0.355. The average molecular weight is 601 g/mol. The molecule has 1 aliphatic carbocycles. The van der Waals surface area contributed by atoms with Crippen LogP contribution in [0.25, 0.3) is 32.4 Å². The maximum absolute atomic E-state index is 13.0. The predicted octanol–water partition coefficient (Wildman–Crippen LogP) is 6.38. The van der Waals surface area contributed by atoms with Crippen LogP contribution in [0.3, 0.4) is 0 Å². The molecule has 1 saturated heterocycles. The van der Waals surface area contributed by atoms with E-state index in [1.807, 2.05) is 47.5 Å². The average Bonchev–Trinajstić information content (AvgIpc) is 3.76. The van der Waals surface area contributed by atoms with Gasteiger partial charge in [-0.2, -0.15) is 16.7 Å². The van der Waals surface area contributed by atoms with Crippen LogP contribution in [0, 0.1) is 0 Å². The third-order valence-electron chi connectivity index (χ3n) is 8.10. The summed E-state index contributed by atoms with van der Waals surface area (Å²) in [5, 5.41) is 6.19. The molecule has 9 nitrogen and oxygen atoms in total. The second-order valence-corrected chi connectivity index (χ2v) is 13.2. The maximum atomic E-state index is 13.0. The third kappa shape index (κ3) is 4.94. The second-order valence-electron chi connectivity index (χ2n) is 11.1. The Bertz CT molecular complexity index is 1830. The normalized spacial score (nSPS) is 16.0. The van der Waals surface area contributed by atoms with E-state index in [1.165, 1.54) is 11.3 Å². The SMILES string of the molecule is CN(C)C(=O)c1cc2cnc(Nc3ccc(-c4csc5c(=O)cc(N6CCSCC6)oc45)cc3)nc2n1C1CCCC1. The van der Waals surface area contributed by atoms with Gasteiger partial charge < -0.3 is 24.1 Å². The topological polar surface area (TPSA) is 96.5 Å². The summed E-state index contributed by atoms with van der Waals surface area (Å²) in [6.07, 6.45) is 6.19. The van der Waals surface area contributed by atoms with Crippen LogP contribution in [-0.4, -0.2) is 64.0 Å². The molecule has 1 amide bonds. The van der Waals surface area contributed by atoms with Crippen molar-refractivity contribution in [1.82, 2.24) is 19.4 Å². The fourth-order valence-corrected chi connectivity index (χ4v) is 7.74. The monoisotopic (exact) mass is 600 g/mol. The number of amides is 1. The van der Waals surface area contributed by atoms with Crippen molar-refractivity contribution in [2.24, 2.45) is 0 Å². The molecular formula is C31H32N6O3S2. The number of carbonyl (C=O) groups excluding carboxylic acids is 1. The van der Waals surface area contributed by atoms with E-state index in [9.17, 15) is 9.59 Å². The van der Waals surface area contributed by atoms with Crippen LogP contribution in [0.5, 0.6) is 0 Å².